The van der Waals surface area contributed by atoms with Crippen LogP contribution in [0.5, 0.6) is 0 Å². The fourth-order valence-electron chi connectivity index (χ4n) is 0.983. The Labute approximate surface area is 82.4 Å². The topological polar surface area (TPSA) is 24.5 Å². The second-order valence-electron chi connectivity index (χ2n) is 3.37. The Morgan fingerprint density at radius 3 is 2.62 bits per heavy atom. The largest absolute Gasteiger partial charge is 0.380 e. The number of likely N-dealkylation sites (N-methyl/N-ethyl adjacent to an activating group) is 2. The van der Waals surface area contributed by atoms with Crippen molar-refractivity contribution in [1.82, 2.24) is 10.2 Å². The van der Waals surface area contributed by atoms with Gasteiger partial charge in [0.2, 0.25) is 0 Å². The van der Waals surface area contributed by atoms with Gasteiger partial charge in [-0.15, -0.1) is 0 Å². The first-order chi connectivity index (χ1) is 6.31. The van der Waals surface area contributed by atoms with Gasteiger partial charge in [-0.1, -0.05) is 13.3 Å². The fourth-order valence-corrected chi connectivity index (χ4v) is 0.983. The molecule has 0 amide bonds. The molecule has 0 radical (unpaired) electrons. The Balaban J connectivity index is 3.03. The number of nitrogens with zero attached hydrogens (tertiary/aromatic N) is 1. The average molecular weight is 188 g/mol. The molecule has 0 fully saturated rings. The third-order valence-electron chi connectivity index (χ3n) is 2.00. The minimum absolute atomic E-state index is 0.861. The van der Waals surface area contributed by atoms with E-state index in [1.54, 1.807) is 0 Å². The van der Waals surface area contributed by atoms with E-state index in [4.69, 9.17) is 4.74 Å². The Bertz CT molecular complexity index is 98.9. The maximum Gasteiger partial charge on any atom is 0.0593 e. The van der Waals surface area contributed by atoms with Crippen LogP contribution in [0.3, 0.4) is 0 Å². The van der Waals surface area contributed by atoms with Crippen LogP contribution < -0.4 is 5.32 Å². The molecule has 0 atom stereocenters. The molecule has 0 aliphatic carbocycles. The number of hydrogen-bond acceptors (Lipinski definition) is 3. The molecule has 0 aromatic carbocycles. The normalized spacial score (nSPS) is 11.1. The monoisotopic (exact) mass is 188 g/mol. The highest BCUT2D eigenvalue weighted by molar-refractivity contribution is 4.51. The van der Waals surface area contributed by atoms with Crippen LogP contribution in [0.15, 0.2) is 0 Å². The van der Waals surface area contributed by atoms with Crippen LogP contribution in [0.4, 0.5) is 0 Å². The molecule has 0 saturated heterocycles. The van der Waals surface area contributed by atoms with Crippen molar-refractivity contribution in [2.24, 2.45) is 0 Å². The average Bonchev–Trinajstić information content (AvgIpc) is 2.14. The molecule has 0 saturated carbocycles. The minimum Gasteiger partial charge on any atom is -0.380 e. The first-order valence-electron chi connectivity index (χ1n) is 5.22. The summed E-state index contributed by atoms with van der Waals surface area (Å²) in [5, 5.41) is 3.13. The van der Waals surface area contributed by atoms with Crippen LogP contribution in [-0.4, -0.2) is 51.8 Å². The molecule has 0 rings (SSSR count). The molecule has 1 N–H and O–H groups in total. The van der Waals surface area contributed by atoms with Crippen molar-refractivity contribution in [2.75, 3.05) is 46.9 Å². The van der Waals surface area contributed by atoms with E-state index >= 15 is 0 Å². The molecule has 3 heteroatoms. The number of nitrogens with one attached hydrogen (secondary N) is 1. The third kappa shape index (κ3) is 9.80. The first kappa shape index (κ1) is 12.9. The summed E-state index contributed by atoms with van der Waals surface area (Å²) in [5.41, 5.74) is 0. The lowest BCUT2D eigenvalue weighted by atomic mass is 10.4. The molecular weight excluding hydrogens is 164 g/mol. The quantitative estimate of drug-likeness (QED) is 0.545. The zero-order valence-electron chi connectivity index (χ0n) is 9.31. The van der Waals surface area contributed by atoms with Crippen LogP contribution >= 0.6 is 0 Å². The maximum absolute atomic E-state index is 5.46. The Morgan fingerprint density at radius 1 is 1.23 bits per heavy atom. The molecule has 0 aliphatic rings. The third-order valence-corrected chi connectivity index (χ3v) is 2.00. The van der Waals surface area contributed by atoms with Gasteiger partial charge in [-0.25, -0.2) is 0 Å². The first-order valence-corrected chi connectivity index (χ1v) is 5.22. The molecule has 0 unspecified atom stereocenters. The van der Waals surface area contributed by atoms with Crippen LogP contribution in [-0.2, 0) is 4.74 Å². The number of ether oxygens (including phenoxy) is 1. The Morgan fingerprint density at radius 2 is 2.00 bits per heavy atom. The SMILES string of the molecule is CCCCOCCN(C)CCNC. The maximum atomic E-state index is 5.46. The molecule has 0 aliphatic heterocycles. The van der Waals surface area contributed by atoms with E-state index in [1.165, 1.54) is 12.8 Å². The van der Waals surface area contributed by atoms with Crippen molar-refractivity contribution in [3.63, 3.8) is 0 Å². The summed E-state index contributed by atoms with van der Waals surface area (Å²) >= 11 is 0. The van der Waals surface area contributed by atoms with Crippen molar-refractivity contribution < 1.29 is 4.74 Å². The smallest absolute Gasteiger partial charge is 0.0593 e. The number of hydrogen-bond donors (Lipinski definition) is 1. The highest BCUT2D eigenvalue weighted by Crippen LogP contribution is 1.88. The minimum atomic E-state index is 0.861. The van der Waals surface area contributed by atoms with Crippen molar-refractivity contribution in [1.29, 1.82) is 0 Å². The Hall–Kier alpha value is -0.120. The van der Waals surface area contributed by atoms with Gasteiger partial charge >= 0.3 is 0 Å². The summed E-state index contributed by atoms with van der Waals surface area (Å²) in [6.07, 6.45) is 2.40. The van der Waals surface area contributed by atoms with E-state index < -0.39 is 0 Å². The van der Waals surface area contributed by atoms with Crippen LogP contribution in [0, 0.1) is 0 Å². The molecule has 0 bridgehead atoms. The summed E-state index contributed by atoms with van der Waals surface area (Å²) in [7, 11) is 4.10. The van der Waals surface area contributed by atoms with E-state index in [0.29, 0.717) is 0 Å². The van der Waals surface area contributed by atoms with Gasteiger partial charge in [-0.05, 0) is 20.5 Å². The van der Waals surface area contributed by atoms with E-state index in [9.17, 15) is 0 Å². The van der Waals surface area contributed by atoms with Crippen molar-refractivity contribution in [3.05, 3.63) is 0 Å². The summed E-state index contributed by atoms with van der Waals surface area (Å²) in [6.45, 7) is 7.13. The molecule has 3 nitrogen and oxygen atoms in total. The van der Waals surface area contributed by atoms with Crippen molar-refractivity contribution in [3.8, 4) is 0 Å². The second kappa shape index (κ2) is 9.96. The lowest BCUT2D eigenvalue weighted by Crippen LogP contribution is -2.30. The zero-order valence-corrected chi connectivity index (χ0v) is 9.31. The number of unbranched alkanes of at least 4 members (excludes halogenated alkanes) is 1. The molecule has 80 valence electrons. The summed E-state index contributed by atoms with van der Waals surface area (Å²) in [4.78, 5) is 2.28. The van der Waals surface area contributed by atoms with Gasteiger partial charge in [0.05, 0.1) is 6.61 Å². The lowest BCUT2D eigenvalue weighted by molar-refractivity contribution is 0.109. The molecule has 0 aromatic heterocycles. The number of rotatable bonds is 9. The summed E-state index contributed by atoms with van der Waals surface area (Å²) < 4.78 is 5.46. The Kier molecular flexibility index (Phi) is 9.87. The standard InChI is InChI=1S/C10H24N2O/c1-4-5-9-13-10-8-12(3)7-6-11-2/h11H,4-10H2,1-3H3. The van der Waals surface area contributed by atoms with E-state index in [0.717, 1.165) is 32.8 Å². The lowest BCUT2D eigenvalue weighted by Gasteiger charge is -2.15. The molecule has 0 heterocycles. The summed E-state index contributed by atoms with van der Waals surface area (Å²) in [5.74, 6) is 0. The van der Waals surface area contributed by atoms with E-state index in [-0.39, 0.29) is 0 Å². The van der Waals surface area contributed by atoms with E-state index in [1.807, 2.05) is 7.05 Å². The highest BCUT2D eigenvalue weighted by Gasteiger charge is 1.96. The molecule has 13 heavy (non-hydrogen) atoms. The van der Waals surface area contributed by atoms with Crippen LogP contribution in [0.2, 0.25) is 0 Å². The van der Waals surface area contributed by atoms with Gasteiger partial charge < -0.3 is 15.0 Å². The van der Waals surface area contributed by atoms with Gasteiger partial charge in [0, 0.05) is 26.2 Å². The van der Waals surface area contributed by atoms with Gasteiger partial charge in [0.15, 0.2) is 0 Å². The van der Waals surface area contributed by atoms with Crippen LogP contribution in [0.25, 0.3) is 0 Å². The summed E-state index contributed by atoms with van der Waals surface area (Å²) in [6, 6.07) is 0. The predicted octanol–water partition coefficient (Wildman–Crippen LogP) is 0.954. The van der Waals surface area contributed by atoms with Crippen molar-refractivity contribution >= 4 is 0 Å². The van der Waals surface area contributed by atoms with Crippen LogP contribution in [0.1, 0.15) is 19.8 Å². The molecular formula is C10H24N2O. The van der Waals surface area contributed by atoms with Gasteiger partial charge in [0.25, 0.3) is 0 Å². The molecule has 0 aromatic rings. The predicted molar refractivity (Wildman–Crippen MR) is 57.2 cm³/mol. The van der Waals surface area contributed by atoms with Crippen molar-refractivity contribution in [2.45, 2.75) is 19.8 Å². The second-order valence-corrected chi connectivity index (χ2v) is 3.37. The fraction of sp³-hybridized carbons (Fsp3) is 1.00. The van der Waals surface area contributed by atoms with Gasteiger partial charge in [0.1, 0.15) is 0 Å². The van der Waals surface area contributed by atoms with Gasteiger partial charge in [-0.2, -0.15) is 0 Å². The van der Waals surface area contributed by atoms with E-state index in [2.05, 4.69) is 24.2 Å². The highest BCUT2D eigenvalue weighted by atomic mass is 16.5. The van der Waals surface area contributed by atoms with Gasteiger partial charge in [-0.3, -0.25) is 0 Å². The molecule has 0 spiro atoms. The zero-order chi connectivity index (χ0) is 9.94.